The van der Waals surface area contributed by atoms with E-state index in [-0.39, 0.29) is 18.6 Å². The predicted octanol–water partition coefficient (Wildman–Crippen LogP) is 4.29. The van der Waals surface area contributed by atoms with Crippen LogP contribution in [0.2, 0.25) is 0 Å². The second-order valence-corrected chi connectivity index (χ2v) is 10.9. The molecule has 0 aliphatic heterocycles. The topological polar surface area (TPSA) is 135 Å². The number of alkyl carbamates (subject to hydrolysis) is 2. The normalized spacial score (nSPS) is 18.8. The maximum atomic E-state index is 13.0. The number of carbonyl (C=O) groups is 4. The zero-order valence-corrected chi connectivity index (χ0v) is 23.5. The first-order chi connectivity index (χ1) is 19.7. The molecule has 228 valence electrons. The Morgan fingerprint density at radius 1 is 0.857 bits per heavy atom. The van der Waals surface area contributed by atoms with Gasteiger partial charge in [-0.3, -0.25) is 9.59 Å². The Bertz CT molecular complexity index is 1250. The molecule has 42 heavy (non-hydrogen) atoms. The van der Waals surface area contributed by atoms with Crippen LogP contribution in [-0.2, 0) is 27.1 Å². The molecule has 1 aliphatic rings. The van der Waals surface area contributed by atoms with Crippen LogP contribution in [0.15, 0.2) is 54.6 Å². The summed E-state index contributed by atoms with van der Waals surface area (Å²) in [5.41, 5.74) is -1.18. The number of alkyl halides is 3. The zero-order valence-electron chi connectivity index (χ0n) is 23.5. The van der Waals surface area contributed by atoms with Gasteiger partial charge in [-0.05, 0) is 63.8 Å². The molecule has 2 aromatic rings. The lowest BCUT2D eigenvalue weighted by molar-refractivity contribution is -0.137. The Morgan fingerprint density at radius 3 is 2.24 bits per heavy atom. The number of carbonyl (C=O) groups excluding carboxylic acids is 4. The fourth-order valence-corrected chi connectivity index (χ4v) is 4.38. The minimum Gasteiger partial charge on any atom is -0.445 e. The van der Waals surface area contributed by atoms with Crippen LogP contribution in [0.4, 0.5) is 22.8 Å². The van der Waals surface area contributed by atoms with E-state index in [1.807, 2.05) is 30.3 Å². The van der Waals surface area contributed by atoms with Crippen molar-refractivity contribution in [1.82, 2.24) is 21.3 Å². The van der Waals surface area contributed by atoms with Crippen molar-refractivity contribution >= 4 is 24.0 Å². The molecular formula is C29H35F3N4O6. The maximum Gasteiger partial charge on any atom is 0.416 e. The van der Waals surface area contributed by atoms with Crippen LogP contribution in [0, 0.1) is 0 Å². The summed E-state index contributed by atoms with van der Waals surface area (Å²) < 4.78 is 49.6. The van der Waals surface area contributed by atoms with Crippen LogP contribution in [0.25, 0.3) is 0 Å². The van der Waals surface area contributed by atoms with E-state index in [1.54, 1.807) is 20.8 Å². The van der Waals surface area contributed by atoms with Crippen molar-refractivity contribution in [2.45, 2.75) is 76.5 Å². The van der Waals surface area contributed by atoms with Gasteiger partial charge in [0.1, 0.15) is 12.2 Å². The van der Waals surface area contributed by atoms with Crippen LogP contribution in [0.5, 0.6) is 0 Å². The van der Waals surface area contributed by atoms with E-state index in [9.17, 15) is 32.3 Å². The predicted molar refractivity (Wildman–Crippen MR) is 146 cm³/mol. The van der Waals surface area contributed by atoms with Gasteiger partial charge < -0.3 is 30.7 Å². The van der Waals surface area contributed by atoms with Gasteiger partial charge in [-0.2, -0.15) is 13.2 Å². The minimum absolute atomic E-state index is 0.0773. The highest BCUT2D eigenvalue weighted by Crippen LogP contribution is 2.29. The van der Waals surface area contributed by atoms with Gasteiger partial charge in [0.15, 0.2) is 0 Å². The van der Waals surface area contributed by atoms with Crippen LogP contribution in [0.3, 0.4) is 0 Å². The van der Waals surface area contributed by atoms with Crippen molar-refractivity contribution in [2.24, 2.45) is 0 Å². The van der Waals surface area contributed by atoms with Crippen LogP contribution in [0.1, 0.15) is 61.5 Å². The summed E-state index contributed by atoms with van der Waals surface area (Å²) in [6.45, 7) is 4.68. The molecule has 0 saturated heterocycles. The number of benzene rings is 2. The molecule has 3 unspecified atom stereocenters. The van der Waals surface area contributed by atoms with E-state index in [4.69, 9.17) is 9.47 Å². The van der Waals surface area contributed by atoms with Gasteiger partial charge in [0.2, 0.25) is 5.91 Å². The first-order valence-electron chi connectivity index (χ1n) is 13.4. The van der Waals surface area contributed by atoms with E-state index in [2.05, 4.69) is 21.3 Å². The average molecular weight is 593 g/mol. The smallest absolute Gasteiger partial charge is 0.416 e. The van der Waals surface area contributed by atoms with Crippen molar-refractivity contribution in [1.29, 1.82) is 0 Å². The number of halogens is 3. The van der Waals surface area contributed by atoms with Crippen LogP contribution >= 0.6 is 0 Å². The first kappa shape index (κ1) is 32.2. The fraction of sp³-hybridized carbons (Fsp3) is 0.448. The fourth-order valence-electron chi connectivity index (χ4n) is 4.38. The van der Waals surface area contributed by atoms with Gasteiger partial charge in [0, 0.05) is 11.6 Å². The average Bonchev–Trinajstić information content (AvgIpc) is 2.91. The number of nitrogens with one attached hydrogen (secondary N) is 4. The molecule has 4 amide bonds. The molecule has 0 spiro atoms. The molecule has 0 heterocycles. The molecule has 13 heteroatoms. The minimum atomic E-state index is -4.62. The van der Waals surface area contributed by atoms with E-state index >= 15 is 0 Å². The van der Waals surface area contributed by atoms with Crippen LogP contribution < -0.4 is 21.3 Å². The number of hydrogen-bond acceptors (Lipinski definition) is 6. The highest BCUT2D eigenvalue weighted by molar-refractivity contribution is 5.96. The van der Waals surface area contributed by atoms with Crippen molar-refractivity contribution in [3.8, 4) is 0 Å². The summed E-state index contributed by atoms with van der Waals surface area (Å²) >= 11 is 0. The second kappa shape index (κ2) is 14.1. The van der Waals surface area contributed by atoms with Gasteiger partial charge in [0.25, 0.3) is 5.91 Å². The van der Waals surface area contributed by atoms with Gasteiger partial charge >= 0.3 is 18.4 Å². The Morgan fingerprint density at radius 2 is 1.57 bits per heavy atom. The molecular weight excluding hydrogens is 557 g/mol. The van der Waals surface area contributed by atoms with Crippen molar-refractivity contribution in [3.05, 3.63) is 71.3 Å². The molecule has 0 radical (unpaired) electrons. The third-order valence-electron chi connectivity index (χ3n) is 6.30. The van der Waals surface area contributed by atoms with Gasteiger partial charge in [0.05, 0.1) is 24.2 Å². The summed E-state index contributed by atoms with van der Waals surface area (Å²) in [4.78, 5) is 50.0. The number of ether oxygens (including phenoxy) is 2. The molecule has 4 N–H and O–H groups in total. The Balaban J connectivity index is 1.60. The summed E-state index contributed by atoms with van der Waals surface area (Å²) in [5, 5.41) is 10.6. The third-order valence-corrected chi connectivity index (χ3v) is 6.30. The standard InChI is InChI=1S/C29H35F3N4O6/c1-28(2,3)42-27(40)36-22-13-12-21(34-26(39)41-17-18-8-5-4-6-9-18)15-23(22)35-24(37)16-33-25(38)19-10-7-11-20(14-19)29(30,31)32/h4-11,14,21-23H,12-13,15-17H2,1-3H3,(H,33,38)(H,34,39)(H,35,37)(H,36,40). The third kappa shape index (κ3) is 10.6. The van der Waals surface area contributed by atoms with E-state index < -0.39 is 66.0 Å². The monoisotopic (exact) mass is 592 g/mol. The molecule has 10 nitrogen and oxygen atoms in total. The van der Waals surface area contributed by atoms with Crippen molar-refractivity contribution in [3.63, 3.8) is 0 Å². The molecule has 1 fully saturated rings. The first-order valence-corrected chi connectivity index (χ1v) is 13.4. The summed E-state index contributed by atoms with van der Waals surface area (Å²) in [7, 11) is 0. The summed E-state index contributed by atoms with van der Waals surface area (Å²) in [6.07, 6.45) is -4.86. The lowest BCUT2D eigenvalue weighted by Crippen LogP contribution is -2.59. The van der Waals surface area contributed by atoms with E-state index in [0.29, 0.717) is 18.9 Å². The van der Waals surface area contributed by atoms with E-state index in [0.717, 1.165) is 17.7 Å². The SMILES string of the molecule is CC(C)(C)OC(=O)NC1CCC(NC(=O)OCc2ccccc2)CC1NC(=O)CNC(=O)c1cccc(C(F)(F)F)c1. The second-order valence-electron chi connectivity index (χ2n) is 10.9. The quantitative estimate of drug-likeness (QED) is 0.361. The number of hydrogen-bond donors (Lipinski definition) is 4. The van der Waals surface area contributed by atoms with Gasteiger partial charge in [-0.1, -0.05) is 36.4 Å². The lowest BCUT2D eigenvalue weighted by Gasteiger charge is -2.37. The molecule has 3 atom stereocenters. The largest absolute Gasteiger partial charge is 0.445 e. The lowest BCUT2D eigenvalue weighted by atomic mass is 9.86. The molecule has 0 bridgehead atoms. The Labute approximate surface area is 241 Å². The Kier molecular flexibility index (Phi) is 10.8. The van der Waals surface area contributed by atoms with Gasteiger partial charge in [-0.25, -0.2) is 9.59 Å². The maximum absolute atomic E-state index is 13.0. The highest BCUT2D eigenvalue weighted by Gasteiger charge is 2.35. The van der Waals surface area contributed by atoms with Crippen LogP contribution in [-0.4, -0.2) is 54.3 Å². The number of amides is 4. The summed E-state index contributed by atoms with van der Waals surface area (Å²) in [6, 6.07) is 11.4. The molecule has 1 saturated carbocycles. The molecule has 0 aromatic heterocycles. The van der Waals surface area contributed by atoms with Crippen molar-refractivity contribution in [2.75, 3.05) is 6.54 Å². The molecule has 2 aromatic carbocycles. The van der Waals surface area contributed by atoms with Gasteiger partial charge in [-0.15, -0.1) is 0 Å². The number of rotatable bonds is 8. The van der Waals surface area contributed by atoms with E-state index in [1.165, 1.54) is 6.07 Å². The van der Waals surface area contributed by atoms with Crippen molar-refractivity contribution < 1.29 is 41.8 Å². The highest BCUT2D eigenvalue weighted by atomic mass is 19.4. The molecule has 3 rings (SSSR count). The summed E-state index contributed by atoms with van der Waals surface area (Å²) in [5.74, 6) is -1.49. The Hall–Kier alpha value is -4.29. The zero-order chi connectivity index (χ0) is 30.9. The molecule has 1 aliphatic carbocycles.